The third kappa shape index (κ3) is 3.10. The molecule has 0 amide bonds. The fraction of sp³-hybridized carbons (Fsp3) is 0. The Morgan fingerprint density at radius 1 is 0.500 bits per heavy atom. The maximum Gasteiger partial charge on any atom is 0.154 e. The lowest BCUT2D eigenvalue weighted by Crippen LogP contribution is -1.88. The second-order valence-electron chi connectivity index (χ2n) is 7.89. The summed E-state index contributed by atoms with van der Waals surface area (Å²) in [5, 5.41) is 2.76. The molecule has 0 bridgehead atoms. The first-order valence-electron chi connectivity index (χ1n) is 10.6. The summed E-state index contributed by atoms with van der Waals surface area (Å²) in [6, 6.07) is 39.9. The second kappa shape index (κ2) is 7.71. The fourth-order valence-electron chi connectivity index (χ4n) is 4.48. The average molecular weight is 431 g/mol. The van der Waals surface area contributed by atoms with Gasteiger partial charge in [-0.25, -0.2) is 0 Å². The quantitative estimate of drug-likeness (QED) is 0.272. The van der Waals surface area contributed by atoms with Crippen molar-refractivity contribution in [2.75, 3.05) is 0 Å². The number of fused-ring (bicyclic) bond motifs is 3. The summed E-state index contributed by atoms with van der Waals surface area (Å²) < 4.78 is 6.17. The standard InChI is InChI=1S/C30H19ClO/c31-27-15-7-14-25-29-24(13-8-16-28(29)32-30(25)27)26-19-22(20-9-3-1-4-10-20)17-18-23(26)21-11-5-2-6-12-21/h1-19H. The third-order valence-electron chi connectivity index (χ3n) is 5.98. The zero-order valence-corrected chi connectivity index (χ0v) is 18.0. The Hall–Kier alpha value is -3.81. The van der Waals surface area contributed by atoms with Gasteiger partial charge < -0.3 is 4.42 Å². The molecule has 5 aromatic carbocycles. The van der Waals surface area contributed by atoms with E-state index in [1.165, 1.54) is 27.8 Å². The van der Waals surface area contributed by atoms with Gasteiger partial charge in [-0.2, -0.15) is 0 Å². The van der Waals surface area contributed by atoms with Crippen molar-refractivity contribution in [3.8, 4) is 33.4 Å². The topological polar surface area (TPSA) is 13.1 Å². The van der Waals surface area contributed by atoms with Crippen LogP contribution in [-0.2, 0) is 0 Å². The molecule has 0 N–H and O–H groups in total. The van der Waals surface area contributed by atoms with Crippen molar-refractivity contribution < 1.29 is 4.42 Å². The van der Waals surface area contributed by atoms with E-state index in [1.54, 1.807) is 0 Å². The van der Waals surface area contributed by atoms with Crippen molar-refractivity contribution >= 4 is 33.5 Å². The second-order valence-corrected chi connectivity index (χ2v) is 8.30. The highest BCUT2D eigenvalue weighted by Gasteiger charge is 2.17. The molecule has 6 rings (SSSR count). The predicted molar refractivity (Wildman–Crippen MR) is 135 cm³/mol. The lowest BCUT2D eigenvalue weighted by molar-refractivity contribution is 0.669. The first-order chi connectivity index (χ1) is 15.8. The lowest BCUT2D eigenvalue weighted by atomic mass is 9.89. The highest BCUT2D eigenvalue weighted by Crippen LogP contribution is 2.43. The van der Waals surface area contributed by atoms with Crippen molar-refractivity contribution in [2.45, 2.75) is 0 Å². The Kier molecular flexibility index (Phi) is 4.56. The highest BCUT2D eigenvalue weighted by molar-refractivity contribution is 6.36. The molecule has 1 aromatic heterocycles. The van der Waals surface area contributed by atoms with Crippen LogP contribution < -0.4 is 0 Å². The summed E-state index contributed by atoms with van der Waals surface area (Å²) in [7, 11) is 0. The molecule has 6 aromatic rings. The molecule has 0 aliphatic carbocycles. The van der Waals surface area contributed by atoms with Gasteiger partial charge in [0.25, 0.3) is 0 Å². The Labute approximate surface area is 191 Å². The van der Waals surface area contributed by atoms with Gasteiger partial charge in [-0.3, -0.25) is 0 Å². The normalized spacial score (nSPS) is 11.3. The Morgan fingerprint density at radius 3 is 2.00 bits per heavy atom. The molecular formula is C30H19ClO. The van der Waals surface area contributed by atoms with Crippen LogP contribution in [0.2, 0.25) is 5.02 Å². The van der Waals surface area contributed by atoms with Gasteiger partial charge in [-0.1, -0.05) is 109 Å². The van der Waals surface area contributed by atoms with Crippen LogP contribution in [0.5, 0.6) is 0 Å². The number of para-hydroxylation sites is 1. The van der Waals surface area contributed by atoms with E-state index in [-0.39, 0.29) is 0 Å². The van der Waals surface area contributed by atoms with E-state index in [9.17, 15) is 0 Å². The molecule has 1 nitrogen and oxygen atoms in total. The fourth-order valence-corrected chi connectivity index (χ4v) is 4.70. The molecule has 0 fully saturated rings. The van der Waals surface area contributed by atoms with Gasteiger partial charge in [0.05, 0.1) is 5.02 Å². The molecule has 0 unspecified atom stereocenters. The molecule has 0 radical (unpaired) electrons. The first-order valence-corrected chi connectivity index (χ1v) is 11.0. The summed E-state index contributed by atoms with van der Waals surface area (Å²) in [6.45, 7) is 0. The molecule has 0 aliphatic rings. The van der Waals surface area contributed by atoms with Gasteiger partial charge in [0.1, 0.15) is 5.58 Å². The van der Waals surface area contributed by atoms with E-state index in [0.29, 0.717) is 5.02 Å². The van der Waals surface area contributed by atoms with Crippen molar-refractivity contribution in [2.24, 2.45) is 0 Å². The van der Waals surface area contributed by atoms with Crippen LogP contribution in [0.4, 0.5) is 0 Å². The van der Waals surface area contributed by atoms with Crippen molar-refractivity contribution in [3.63, 3.8) is 0 Å². The highest BCUT2D eigenvalue weighted by atomic mass is 35.5. The minimum Gasteiger partial charge on any atom is -0.454 e. The molecule has 2 heteroatoms. The number of hydrogen-bond acceptors (Lipinski definition) is 1. The van der Waals surface area contributed by atoms with E-state index in [4.69, 9.17) is 16.0 Å². The van der Waals surface area contributed by atoms with Crippen LogP contribution in [0, 0.1) is 0 Å². The minimum absolute atomic E-state index is 0.631. The molecule has 0 saturated heterocycles. The number of furan rings is 1. The molecule has 0 saturated carbocycles. The van der Waals surface area contributed by atoms with Crippen molar-refractivity contribution in [3.05, 3.63) is 120 Å². The lowest BCUT2D eigenvalue weighted by Gasteiger charge is -2.14. The minimum atomic E-state index is 0.631. The van der Waals surface area contributed by atoms with Crippen LogP contribution in [0.25, 0.3) is 55.3 Å². The van der Waals surface area contributed by atoms with Gasteiger partial charge in [-0.15, -0.1) is 0 Å². The average Bonchev–Trinajstić information content (AvgIpc) is 3.25. The number of halogens is 1. The van der Waals surface area contributed by atoms with Crippen LogP contribution >= 0.6 is 11.6 Å². The van der Waals surface area contributed by atoms with Crippen LogP contribution in [-0.4, -0.2) is 0 Å². The Balaban J connectivity index is 1.70. The maximum atomic E-state index is 6.47. The maximum absolute atomic E-state index is 6.47. The van der Waals surface area contributed by atoms with Gasteiger partial charge >= 0.3 is 0 Å². The number of benzene rings is 5. The third-order valence-corrected chi connectivity index (χ3v) is 6.27. The summed E-state index contributed by atoms with van der Waals surface area (Å²) in [6.07, 6.45) is 0. The molecule has 1 heterocycles. The molecule has 0 aliphatic heterocycles. The van der Waals surface area contributed by atoms with Gasteiger partial charge in [-0.05, 0) is 51.6 Å². The zero-order valence-electron chi connectivity index (χ0n) is 17.3. The van der Waals surface area contributed by atoms with E-state index in [1.807, 2.05) is 30.3 Å². The van der Waals surface area contributed by atoms with Crippen LogP contribution in [0.15, 0.2) is 120 Å². The number of hydrogen-bond donors (Lipinski definition) is 0. The van der Waals surface area contributed by atoms with E-state index >= 15 is 0 Å². The molecular weight excluding hydrogens is 412 g/mol. The molecule has 32 heavy (non-hydrogen) atoms. The smallest absolute Gasteiger partial charge is 0.154 e. The Morgan fingerprint density at radius 2 is 1.22 bits per heavy atom. The monoisotopic (exact) mass is 430 g/mol. The van der Waals surface area contributed by atoms with Gasteiger partial charge in [0.2, 0.25) is 0 Å². The summed E-state index contributed by atoms with van der Waals surface area (Å²) in [4.78, 5) is 0. The van der Waals surface area contributed by atoms with E-state index < -0.39 is 0 Å². The zero-order chi connectivity index (χ0) is 21.5. The van der Waals surface area contributed by atoms with Crippen molar-refractivity contribution in [1.29, 1.82) is 0 Å². The summed E-state index contributed by atoms with van der Waals surface area (Å²) in [5.74, 6) is 0. The van der Waals surface area contributed by atoms with Crippen LogP contribution in [0.1, 0.15) is 0 Å². The largest absolute Gasteiger partial charge is 0.454 e. The van der Waals surface area contributed by atoms with E-state index in [2.05, 4.69) is 84.9 Å². The molecule has 0 atom stereocenters. The summed E-state index contributed by atoms with van der Waals surface area (Å²) in [5.41, 5.74) is 8.64. The first kappa shape index (κ1) is 18.9. The van der Waals surface area contributed by atoms with Crippen LogP contribution in [0.3, 0.4) is 0 Å². The SMILES string of the molecule is Clc1cccc2c1oc1cccc(-c3cc(-c4ccccc4)ccc3-c3ccccc3)c12. The van der Waals surface area contributed by atoms with Gasteiger partial charge in [0, 0.05) is 10.8 Å². The Bertz CT molecular complexity index is 1560. The molecule has 152 valence electrons. The van der Waals surface area contributed by atoms with Gasteiger partial charge in [0.15, 0.2) is 5.58 Å². The number of rotatable bonds is 3. The predicted octanol–water partition coefficient (Wildman–Crippen LogP) is 9.24. The summed E-state index contributed by atoms with van der Waals surface area (Å²) >= 11 is 6.47. The van der Waals surface area contributed by atoms with E-state index in [0.717, 1.165) is 27.5 Å². The molecule has 0 spiro atoms. The van der Waals surface area contributed by atoms with Crippen molar-refractivity contribution in [1.82, 2.24) is 0 Å².